The number of benzene rings is 1. The zero-order valence-electron chi connectivity index (χ0n) is 13.5. The van der Waals surface area contributed by atoms with Crippen LogP contribution in [0.3, 0.4) is 0 Å². The van der Waals surface area contributed by atoms with Gasteiger partial charge in [-0.3, -0.25) is 9.48 Å². The van der Waals surface area contributed by atoms with Crippen LogP contribution in [0.1, 0.15) is 39.8 Å². The summed E-state index contributed by atoms with van der Waals surface area (Å²) < 4.78 is 15.2. The quantitative estimate of drug-likeness (QED) is 0.923. The summed E-state index contributed by atoms with van der Waals surface area (Å²) in [5, 5.41) is 14.3. The molecule has 23 heavy (non-hydrogen) atoms. The minimum Gasteiger partial charge on any atom is -0.391 e. The maximum Gasteiger partial charge on any atom is 0.258 e. The zero-order valence-corrected chi connectivity index (χ0v) is 13.5. The van der Waals surface area contributed by atoms with Gasteiger partial charge >= 0.3 is 0 Å². The average Bonchev–Trinajstić information content (AvgIpc) is 2.99. The lowest BCUT2D eigenvalue weighted by Gasteiger charge is -2.25. The molecule has 1 aromatic carbocycles. The van der Waals surface area contributed by atoms with E-state index in [1.807, 2.05) is 6.92 Å². The highest BCUT2D eigenvalue weighted by molar-refractivity contribution is 5.97. The summed E-state index contributed by atoms with van der Waals surface area (Å²) in [6.07, 6.45) is -0.197. The number of rotatable bonds is 2. The van der Waals surface area contributed by atoms with E-state index < -0.39 is 6.10 Å². The molecular weight excluding hydrogens is 297 g/mol. The van der Waals surface area contributed by atoms with E-state index in [0.717, 1.165) is 5.69 Å². The second kappa shape index (κ2) is 5.77. The molecule has 0 saturated carbocycles. The summed E-state index contributed by atoms with van der Waals surface area (Å²) >= 11 is 0. The third-order valence-electron chi connectivity index (χ3n) is 4.50. The first-order valence-electron chi connectivity index (χ1n) is 7.63. The number of β-amino-alcohol motifs (C(OH)–C–C–N with tert-alkyl or cyclic N) is 1. The van der Waals surface area contributed by atoms with Crippen LogP contribution in [0.4, 0.5) is 4.39 Å². The van der Waals surface area contributed by atoms with Gasteiger partial charge < -0.3 is 10.0 Å². The van der Waals surface area contributed by atoms with Gasteiger partial charge in [0, 0.05) is 19.3 Å². The predicted molar refractivity (Wildman–Crippen MR) is 83.5 cm³/mol. The number of carbonyl (C=O) groups excluding carboxylic acids is 1. The number of carbonyl (C=O) groups is 1. The summed E-state index contributed by atoms with van der Waals surface area (Å²) in [5.74, 6) is -0.510. The highest BCUT2D eigenvalue weighted by Crippen LogP contribution is 2.34. The number of aromatic nitrogens is 2. The molecule has 1 saturated heterocycles. The molecule has 6 heteroatoms. The van der Waals surface area contributed by atoms with Gasteiger partial charge in [-0.15, -0.1) is 0 Å². The van der Waals surface area contributed by atoms with Gasteiger partial charge in [0.1, 0.15) is 5.82 Å². The van der Waals surface area contributed by atoms with Crippen LogP contribution >= 0.6 is 0 Å². The van der Waals surface area contributed by atoms with E-state index in [1.165, 1.54) is 12.1 Å². The van der Waals surface area contributed by atoms with Gasteiger partial charge in [-0.1, -0.05) is 12.1 Å². The topological polar surface area (TPSA) is 58.4 Å². The Hall–Kier alpha value is -2.21. The Labute approximate surface area is 134 Å². The fraction of sp³-hybridized carbons (Fsp3) is 0.412. The van der Waals surface area contributed by atoms with Crippen LogP contribution in [0.5, 0.6) is 0 Å². The number of halogens is 1. The molecule has 3 rings (SSSR count). The van der Waals surface area contributed by atoms with Crippen molar-refractivity contribution in [3.63, 3.8) is 0 Å². The SMILES string of the molecule is Cc1nn(C)c(C)c1C(=O)N1C[C@@H](O)C[C@@H]1c1cccc(F)c1. The van der Waals surface area contributed by atoms with Crippen LogP contribution in [-0.4, -0.2) is 38.3 Å². The van der Waals surface area contributed by atoms with Gasteiger partial charge in [0.05, 0.1) is 23.4 Å². The van der Waals surface area contributed by atoms with Crippen molar-refractivity contribution in [2.24, 2.45) is 7.05 Å². The van der Waals surface area contributed by atoms with Gasteiger partial charge in [-0.05, 0) is 38.0 Å². The fourth-order valence-corrected chi connectivity index (χ4v) is 3.29. The standard InChI is InChI=1S/C17H20FN3O2/c1-10-16(11(2)20(3)19-10)17(23)21-9-14(22)8-15(21)12-5-4-6-13(18)7-12/h4-7,14-15,22H,8-9H2,1-3H3/t14-,15+/m0/s1. The Bertz CT molecular complexity index is 756. The minimum absolute atomic E-state index is 0.168. The number of aliphatic hydroxyl groups excluding tert-OH is 1. The first-order valence-corrected chi connectivity index (χ1v) is 7.63. The van der Waals surface area contributed by atoms with Gasteiger partial charge in [0.15, 0.2) is 0 Å². The Morgan fingerprint density at radius 2 is 2.13 bits per heavy atom. The largest absolute Gasteiger partial charge is 0.391 e. The molecule has 122 valence electrons. The van der Waals surface area contributed by atoms with Crippen LogP contribution in [-0.2, 0) is 7.05 Å². The van der Waals surface area contributed by atoms with Gasteiger partial charge in [0.25, 0.3) is 5.91 Å². The second-order valence-corrected chi connectivity index (χ2v) is 6.09. The Morgan fingerprint density at radius 3 is 2.74 bits per heavy atom. The summed E-state index contributed by atoms with van der Waals surface area (Å²) in [7, 11) is 1.79. The molecule has 5 nitrogen and oxygen atoms in total. The smallest absolute Gasteiger partial charge is 0.258 e. The van der Waals surface area contributed by atoms with E-state index in [1.54, 1.807) is 35.7 Å². The minimum atomic E-state index is -0.607. The number of nitrogens with zero attached hydrogens (tertiary/aromatic N) is 3. The molecule has 1 aliphatic heterocycles. The van der Waals surface area contributed by atoms with Crippen LogP contribution in [0, 0.1) is 19.7 Å². The number of aliphatic hydroxyl groups is 1. The molecule has 1 N–H and O–H groups in total. The molecule has 0 spiro atoms. The Morgan fingerprint density at radius 1 is 1.39 bits per heavy atom. The lowest BCUT2D eigenvalue weighted by Crippen LogP contribution is -2.32. The summed E-state index contributed by atoms with van der Waals surface area (Å²) in [5.41, 5.74) is 2.71. The molecule has 0 bridgehead atoms. The molecule has 0 aliphatic carbocycles. The molecule has 0 radical (unpaired) electrons. The molecule has 1 aromatic heterocycles. The van der Waals surface area contributed by atoms with Gasteiger partial charge in [0.2, 0.25) is 0 Å². The monoisotopic (exact) mass is 317 g/mol. The van der Waals surface area contributed by atoms with E-state index in [2.05, 4.69) is 5.10 Å². The van der Waals surface area contributed by atoms with Crippen molar-refractivity contribution in [3.05, 3.63) is 52.6 Å². The predicted octanol–water partition coefficient (Wildman–Crippen LogP) is 2.12. The normalized spacial score (nSPS) is 21.0. The van der Waals surface area contributed by atoms with Gasteiger partial charge in [-0.2, -0.15) is 5.10 Å². The Kier molecular flexibility index (Phi) is 3.93. The third-order valence-corrected chi connectivity index (χ3v) is 4.50. The molecular formula is C17H20FN3O2. The second-order valence-electron chi connectivity index (χ2n) is 6.09. The van der Waals surface area contributed by atoms with Crippen molar-refractivity contribution in [3.8, 4) is 0 Å². The van der Waals surface area contributed by atoms with Crippen molar-refractivity contribution in [2.75, 3.05) is 6.54 Å². The molecule has 1 fully saturated rings. The van der Waals surface area contributed by atoms with E-state index in [0.29, 0.717) is 23.2 Å². The van der Waals surface area contributed by atoms with Gasteiger partial charge in [-0.25, -0.2) is 4.39 Å². The molecule has 2 atom stereocenters. The van der Waals surface area contributed by atoms with Crippen LogP contribution in [0.25, 0.3) is 0 Å². The number of hydrogen-bond donors (Lipinski definition) is 1. The number of amides is 1. The van der Waals surface area contributed by atoms with Crippen molar-refractivity contribution < 1.29 is 14.3 Å². The fourth-order valence-electron chi connectivity index (χ4n) is 3.29. The van der Waals surface area contributed by atoms with Crippen molar-refractivity contribution in [1.29, 1.82) is 0 Å². The molecule has 0 unspecified atom stereocenters. The average molecular weight is 317 g/mol. The van der Waals surface area contributed by atoms with Crippen molar-refractivity contribution in [2.45, 2.75) is 32.4 Å². The van der Waals surface area contributed by atoms with E-state index >= 15 is 0 Å². The maximum atomic E-state index is 13.5. The Balaban J connectivity index is 1.98. The highest BCUT2D eigenvalue weighted by atomic mass is 19.1. The highest BCUT2D eigenvalue weighted by Gasteiger charge is 2.37. The molecule has 1 aliphatic rings. The van der Waals surface area contributed by atoms with Crippen molar-refractivity contribution in [1.82, 2.24) is 14.7 Å². The maximum absolute atomic E-state index is 13.5. The lowest BCUT2D eigenvalue weighted by atomic mass is 10.0. The lowest BCUT2D eigenvalue weighted by molar-refractivity contribution is 0.0714. The third kappa shape index (κ3) is 2.74. The zero-order chi connectivity index (χ0) is 16.7. The van der Waals surface area contributed by atoms with Crippen LogP contribution < -0.4 is 0 Å². The first kappa shape index (κ1) is 15.7. The van der Waals surface area contributed by atoms with E-state index in [9.17, 15) is 14.3 Å². The van der Waals surface area contributed by atoms with Crippen LogP contribution in [0.15, 0.2) is 24.3 Å². The summed E-state index contributed by atoms with van der Waals surface area (Å²) in [6.45, 7) is 3.88. The summed E-state index contributed by atoms with van der Waals surface area (Å²) in [4.78, 5) is 14.6. The molecule has 2 aromatic rings. The summed E-state index contributed by atoms with van der Waals surface area (Å²) in [6, 6.07) is 5.88. The number of aryl methyl sites for hydroxylation is 2. The first-order chi connectivity index (χ1) is 10.9. The van der Waals surface area contributed by atoms with Crippen LogP contribution in [0.2, 0.25) is 0 Å². The molecule has 1 amide bonds. The van der Waals surface area contributed by atoms with E-state index in [-0.39, 0.29) is 24.3 Å². The van der Waals surface area contributed by atoms with E-state index in [4.69, 9.17) is 0 Å². The number of hydrogen-bond acceptors (Lipinski definition) is 3. The number of likely N-dealkylation sites (tertiary alicyclic amines) is 1. The molecule has 2 heterocycles. The van der Waals surface area contributed by atoms with Crippen molar-refractivity contribution >= 4 is 5.91 Å².